The Balaban J connectivity index is 0.628. The van der Waals surface area contributed by atoms with Crippen molar-refractivity contribution < 1.29 is 42.1 Å². The molecule has 7 fully saturated rings. The number of pyridine rings is 1. The first kappa shape index (κ1) is 59.5. The molecule has 466 valence electrons. The Bertz CT molecular complexity index is 3760. The molecular weight excluding hydrogens is 1120 g/mol. The Labute approximate surface area is 512 Å². The number of piperazine rings is 1. The van der Waals surface area contributed by atoms with Crippen LogP contribution in [0.4, 0.5) is 25.1 Å². The summed E-state index contributed by atoms with van der Waals surface area (Å²) in [7, 11) is 3.25. The van der Waals surface area contributed by atoms with Gasteiger partial charge in [0.2, 0.25) is 11.8 Å². The van der Waals surface area contributed by atoms with Crippen molar-refractivity contribution in [1.29, 1.82) is 0 Å². The third-order valence-corrected chi connectivity index (χ3v) is 20.0. The van der Waals surface area contributed by atoms with E-state index in [1.807, 2.05) is 31.7 Å². The maximum absolute atomic E-state index is 17.7. The molecule has 3 unspecified atom stereocenters. The zero-order valence-electron chi connectivity index (χ0n) is 51.3. The van der Waals surface area contributed by atoms with Crippen LogP contribution in [0.1, 0.15) is 116 Å². The first-order chi connectivity index (χ1) is 42.4. The molecule has 1 saturated carbocycles. The lowest BCUT2D eigenvalue weighted by atomic mass is 9.82. The molecule has 1 N–H and O–H groups in total. The summed E-state index contributed by atoms with van der Waals surface area (Å²) >= 11 is 0. The van der Waals surface area contributed by atoms with E-state index >= 15 is 8.78 Å². The average Bonchev–Trinajstić information content (AvgIpc) is 1.97. The van der Waals surface area contributed by atoms with Crippen molar-refractivity contribution in [2.75, 3.05) is 95.8 Å². The van der Waals surface area contributed by atoms with Crippen LogP contribution < -0.4 is 30.3 Å². The molecule has 3 atom stereocenters. The van der Waals surface area contributed by atoms with E-state index in [4.69, 9.17) is 40.3 Å². The van der Waals surface area contributed by atoms with Crippen molar-refractivity contribution >= 4 is 62.1 Å². The van der Waals surface area contributed by atoms with E-state index in [-0.39, 0.29) is 76.8 Å². The zero-order chi connectivity index (χ0) is 61.2. The van der Waals surface area contributed by atoms with Gasteiger partial charge in [0.25, 0.3) is 0 Å². The normalized spacial score (nSPS) is 22.4. The van der Waals surface area contributed by atoms with Crippen LogP contribution in [0.15, 0.2) is 53.5 Å². The minimum Gasteiger partial charge on any atom is -0.468 e. The molecule has 1 aliphatic carbocycles. The summed E-state index contributed by atoms with van der Waals surface area (Å²) in [5.74, 6) is 3.35. The molecule has 6 aromatic rings. The van der Waals surface area contributed by atoms with Crippen LogP contribution >= 0.6 is 0 Å². The van der Waals surface area contributed by atoms with E-state index in [0.29, 0.717) is 65.3 Å². The number of nitrogens with one attached hydrogen (secondary N) is 1. The Morgan fingerprint density at radius 2 is 1.52 bits per heavy atom. The summed E-state index contributed by atoms with van der Waals surface area (Å²) in [6, 6.07) is 11.3. The summed E-state index contributed by atoms with van der Waals surface area (Å²) in [6.07, 6.45) is 19.7. The number of fused-ring (bicyclic) bond motifs is 5. The lowest BCUT2D eigenvalue weighted by Gasteiger charge is -2.42. The maximum atomic E-state index is 17.7. The third-order valence-electron chi connectivity index (χ3n) is 20.0. The van der Waals surface area contributed by atoms with Gasteiger partial charge in [0.15, 0.2) is 12.6 Å². The van der Waals surface area contributed by atoms with Gasteiger partial charge in [-0.3, -0.25) is 33.9 Å². The van der Waals surface area contributed by atoms with Crippen LogP contribution in [-0.4, -0.2) is 160 Å². The summed E-state index contributed by atoms with van der Waals surface area (Å²) in [5, 5.41) is 3.63. The summed E-state index contributed by atoms with van der Waals surface area (Å²) in [6.45, 7) is 15.2. The number of methoxy groups -OCH3 is 1. The number of piperidine rings is 4. The number of carbonyl (C=O) groups excluding carboxylic acids is 3. The molecule has 3 aromatic carbocycles. The van der Waals surface area contributed by atoms with Crippen LogP contribution in [-0.2, 0) is 26.1 Å². The fraction of sp³-hybridized carbons (Fsp3) is 0.567. The largest absolute Gasteiger partial charge is 0.468 e. The number of anilines is 2. The van der Waals surface area contributed by atoms with Crippen molar-refractivity contribution in [3.8, 4) is 35.4 Å². The van der Waals surface area contributed by atoms with Gasteiger partial charge in [-0.15, -0.1) is 6.42 Å². The van der Waals surface area contributed by atoms with E-state index in [1.165, 1.54) is 45.3 Å². The Kier molecular flexibility index (Phi) is 16.4. The minimum atomic E-state index is -0.742. The number of likely N-dealkylation sites (tertiary alicyclic amines) is 2. The SMILES string of the molecule is C#Cc1c(F)ccc2cc(OCOC)cc(-c3ncc4c(N5CC6CCC(C5)N6C(=O)OC(C)(C)C)nc(OCC5(CN6CCC(CC7CCN(CC8CCN(c9ccc%10c(c9)n(C)c(=O)n%10C9CCC(=O)NC9=O)CC8)CC7)CC6)CC5)nc4c3F)c12. The molecule has 6 aliphatic heterocycles. The van der Waals surface area contributed by atoms with Crippen molar-refractivity contribution in [2.45, 2.75) is 128 Å². The van der Waals surface area contributed by atoms with Gasteiger partial charge in [0.1, 0.15) is 40.2 Å². The minimum absolute atomic E-state index is 0.00280. The third kappa shape index (κ3) is 12.0. The highest BCUT2D eigenvalue weighted by Gasteiger charge is 2.47. The second-order valence-corrected chi connectivity index (χ2v) is 27.1. The number of terminal acetylenes is 1. The topological polar surface area (TPSA) is 182 Å². The molecule has 2 bridgehead atoms. The van der Waals surface area contributed by atoms with Crippen molar-refractivity contribution in [1.82, 2.24) is 44.1 Å². The van der Waals surface area contributed by atoms with Crippen LogP contribution in [0.5, 0.6) is 11.8 Å². The fourth-order valence-electron chi connectivity index (χ4n) is 15.1. The first-order valence-electron chi connectivity index (χ1n) is 31.8. The Morgan fingerprint density at radius 1 is 0.818 bits per heavy atom. The van der Waals surface area contributed by atoms with Crippen LogP contribution in [0.25, 0.3) is 44.0 Å². The highest BCUT2D eigenvalue weighted by atomic mass is 19.1. The van der Waals surface area contributed by atoms with Gasteiger partial charge in [0, 0.05) is 88.1 Å². The molecule has 3 aromatic heterocycles. The van der Waals surface area contributed by atoms with E-state index in [1.54, 1.807) is 40.6 Å². The van der Waals surface area contributed by atoms with Crippen LogP contribution in [0.3, 0.4) is 0 Å². The van der Waals surface area contributed by atoms with Gasteiger partial charge in [-0.1, -0.05) is 12.0 Å². The van der Waals surface area contributed by atoms with E-state index < -0.39 is 29.2 Å². The van der Waals surface area contributed by atoms with Gasteiger partial charge < -0.3 is 38.5 Å². The van der Waals surface area contributed by atoms with E-state index in [0.717, 1.165) is 114 Å². The number of halogens is 2. The first-order valence-corrected chi connectivity index (χ1v) is 31.8. The van der Waals surface area contributed by atoms with E-state index in [9.17, 15) is 19.2 Å². The highest BCUT2D eigenvalue weighted by molar-refractivity contribution is 6.03. The molecule has 7 aliphatic rings. The van der Waals surface area contributed by atoms with Crippen molar-refractivity contribution in [3.63, 3.8) is 0 Å². The summed E-state index contributed by atoms with van der Waals surface area (Å²) in [4.78, 5) is 77.7. The number of carbonyl (C=O) groups is 3. The van der Waals surface area contributed by atoms with Crippen LogP contribution in [0, 0.1) is 47.1 Å². The zero-order valence-corrected chi connectivity index (χ0v) is 51.3. The van der Waals surface area contributed by atoms with Crippen LogP contribution in [0.2, 0.25) is 0 Å². The molecular formula is C67H81F2N11O8. The highest BCUT2D eigenvalue weighted by Crippen LogP contribution is 2.48. The monoisotopic (exact) mass is 1210 g/mol. The summed E-state index contributed by atoms with van der Waals surface area (Å²) in [5.41, 5.74) is 1.75. The van der Waals surface area contributed by atoms with Gasteiger partial charge in [-0.2, -0.15) is 9.97 Å². The number of ether oxygens (including phenoxy) is 4. The van der Waals surface area contributed by atoms with Gasteiger partial charge in [-0.25, -0.2) is 18.4 Å². The number of amides is 3. The number of aryl methyl sites for hydroxylation is 1. The molecule has 3 amide bonds. The summed E-state index contributed by atoms with van der Waals surface area (Å²) < 4.78 is 59.8. The quantitative estimate of drug-likeness (QED) is 0.0550. The number of rotatable bonds is 16. The number of imide groups is 1. The number of nitrogens with zero attached hydrogens (tertiary/aromatic N) is 10. The smallest absolute Gasteiger partial charge is 0.410 e. The van der Waals surface area contributed by atoms with E-state index in [2.05, 4.69) is 43.0 Å². The average molecular weight is 1210 g/mol. The van der Waals surface area contributed by atoms with Gasteiger partial charge >= 0.3 is 17.8 Å². The molecule has 13 rings (SSSR count). The molecule has 0 spiro atoms. The second-order valence-electron chi connectivity index (χ2n) is 27.1. The van der Waals surface area contributed by atoms with Crippen molar-refractivity contribution in [3.05, 3.63) is 76.3 Å². The predicted octanol–water partition coefficient (Wildman–Crippen LogP) is 9.20. The maximum Gasteiger partial charge on any atom is 0.410 e. The fourth-order valence-corrected chi connectivity index (χ4v) is 15.1. The molecule has 19 nitrogen and oxygen atoms in total. The van der Waals surface area contributed by atoms with Crippen molar-refractivity contribution in [2.24, 2.45) is 30.2 Å². The standard InChI is InChI=1S/C67H81F2N11O8/c1-7-49-52(68)12-8-44-31-48(87-40-85-6)33-50(57(44)49)59-58(69)60-51(34-70-59)61(78-36-46-9-10-47(37-78)79(46)65(84)88-66(2,3)4)73-63(72-60)86-39-67(22-23-67)38-76-26-18-42(19-27-76)30-41-16-24-75(25-17-41)35-43-20-28-77(29-21-43)45-11-13-53-55(32-45)74(5)64(83)80(53)54-14-15-56(81)71-62(54)82/h1,8,11-13,31-34,41-43,46-47,54H,9-10,14-30,35-40H2,2-6H3,(H,71,81,82). The molecule has 0 radical (unpaired) electrons. The van der Waals surface area contributed by atoms with Gasteiger partial charge in [-0.05, 0) is 184 Å². The lowest BCUT2D eigenvalue weighted by Crippen LogP contribution is -2.57. The molecule has 21 heteroatoms. The lowest BCUT2D eigenvalue weighted by molar-refractivity contribution is -0.135. The molecule has 6 saturated heterocycles. The molecule has 88 heavy (non-hydrogen) atoms. The number of imidazole rings is 1. The number of aromatic nitrogens is 5. The molecule has 9 heterocycles. The number of hydrogen-bond acceptors (Lipinski definition) is 15. The Hall–Kier alpha value is -7.41. The predicted molar refractivity (Wildman–Crippen MR) is 331 cm³/mol. The van der Waals surface area contributed by atoms with Gasteiger partial charge in [0.05, 0.1) is 40.7 Å². The second kappa shape index (κ2) is 24.2. The number of benzene rings is 3. The Morgan fingerprint density at radius 3 is 2.19 bits per heavy atom. The number of hydrogen-bond donors (Lipinski definition) is 1.